The molecule has 0 saturated heterocycles. The van der Waals surface area contributed by atoms with Gasteiger partial charge in [0.2, 0.25) is 0 Å². The number of hydrogen-bond acceptors (Lipinski definition) is 3. The highest BCUT2D eigenvalue weighted by Crippen LogP contribution is 2.09. The first-order valence-corrected chi connectivity index (χ1v) is 3.12. The highest BCUT2D eigenvalue weighted by atomic mass is 16.5. The molecule has 2 N–H and O–H groups in total. The number of aromatic amines is 2. The molecule has 56 valence electrons. The van der Waals surface area contributed by atoms with Crippen LogP contribution in [-0.2, 0) is 0 Å². The topological polar surface area (TPSA) is 66.6 Å². The SMILES string of the molecule is c1c[nH]c(Oc2ncc[nH]2)n1. The zero-order valence-corrected chi connectivity index (χ0v) is 5.61. The Morgan fingerprint density at radius 1 is 1.00 bits per heavy atom. The van der Waals surface area contributed by atoms with Crippen LogP contribution in [0.25, 0.3) is 0 Å². The highest BCUT2D eigenvalue weighted by Gasteiger charge is 1.97. The van der Waals surface area contributed by atoms with Crippen LogP contribution in [0.1, 0.15) is 0 Å². The number of nitrogens with zero attached hydrogens (tertiary/aromatic N) is 2. The monoisotopic (exact) mass is 150 g/mol. The minimum absolute atomic E-state index is 0.431. The molecule has 0 unspecified atom stereocenters. The third kappa shape index (κ3) is 1.21. The number of H-pyrrole nitrogens is 2. The molecular formula is C6H6N4O. The van der Waals surface area contributed by atoms with Gasteiger partial charge in [-0.25, -0.2) is 9.97 Å². The lowest BCUT2D eigenvalue weighted by molar-refractivity contribution is 0.416. The maximum atomic E-state index is 5.12. The van der Waals surface area contributed by atoms with E-state index < -0.39 is 0 Å². The Morgan fingerprint density at radius 3 is 1.91 bits per heavy atom. The summed E-state index contributed by atoms with van der Waals surface area (Å²) in [6.07, 6.45) is 6.58. The minimum Gasteiger partial charge on any atom is -0.391 e. The first-order valence-electron chi connectivity index (χ1n) is 3.12. The lowest BCUT2D eigenvalue weighted by atomic mass is 11.0. The second kappa shape index (κ2) is 2.45. The molecule has 0 aliphatic rings. The van der Waals surface area contributed by atoms with E-state index in [1.165, 1.54) is 0 Å². The van der Waals surface area contributed by atoms with Crippen molar-refractivity contribution in [1.82, 2.24) is 19.9 Å². The van der Waals surface area contributed by atoms with Gasteiger partial charge in [0, 0.05) is 24.8 Å². The van der Waals surface area contributed by atoms with Crippen LogP contribution in [0.5, 0.6) is 12.0 Å². The zero-order chi connectivity index (χ0) is 7.52. The van der Waals surface area contributed by atoms with E-state index >= 15 is 0 Å². The fourth-order valence-electron chi connectivity index (χ4n) is 0.705. The number of rotatable bonds is 2. The lowest BCUT2D eigenvalue weighted by Gasteiger charge is -1.93. The van der Waals surface area contributed by atoms with Gasteiger partial charge in [0.15, 0.2) is 0 Å². The summed E-state index contributed by atoms with van der Waals surface area (Å²) in [5.74, 6) is 0. The van der Waals surface area contributed by atoms with Crippen LogP contribution in [0.2, 0.25) is 0 Å². The third-order valence-corrected chi connectivity index (χ3v) is 1.14. The van der Waals surface area contributed by atoms with E-state index in [1.807, 2.05) is 0 Å². The van der Waals surface area contributed by atoms with E-state index in [1.54, 1.807) is 24.8 Å². The second-order valence-electron chi connectivity index (χ2n) is 1.89. The van der Waals surface area contributed by atoms with Crippen molar-refractivity contribution in [3.05, 3.63) is 24.8 Å². The molecule has 0 spiro atoms. The summed E-state index contributed by atoms with van der Waals surface area (Å²) >= 11 is 0. The molecule has 0 saturated carbocycles. The Hall–Kier alpha value is -1.78. The van der Waals surface area contributed by atoms with Crippen LogP contribution >= 0.6 is 0 Å². The summed E-state index contributed by atoms with van der Waals surface area (Å²) in [7, 11) is 0. The summed E-state index contributed by atoms with van der Waals surface area (Å²) < 4.78 is 5.12. The Bertz CT molecular complexity index is 267. The lowest BCUT2D eigenvalue weighted by Crippen LogP contribution is -1.86. The van der Waals surface area contributed by atoms with Gasteiger partial charge >= 0.3 is 12.0 Å². The molecule has 0 fully saturated rings. The van der Waals surface area contributed by atoms with Crippen molar-refractivity contribution in [2.45, 2.75) is 0 Å². The molecule has 11 heavy (non-hydrogen) atoms. The Labute approximate surface area is 62.5 Å². The van der Waals surface area contributed by atoms with Gasteiger partial charge in [-0.3, -0.25) is 0 Å². The van der Waals surface area contributed by atoms with Gasteiger partial charge in [-0.1, -0.05) is 0 Å². The molecule has 0 bridgehead atoms. The van der Waals surface area contributed by atoms with Crippen molar-refractivity contribution in [2.24, 2.45) is 0 Å². The Morgan fingerprint density at radius 2 is 1.55 bits per heavy atom. The molecule has 2 aromatic rings. The van der Waals surface area contributed by atoms with Gasteiger partial charge < -0.3 is 14.7 Å². The number of aromatic nitrogens is 4. The van der Waals surface area contributed by atoms with Gasteiger partial charge in [-0.15, -0.1) is 0 Å². The predicted molar refractivity (Wildman–Crippen MR) is 37.2 cm³/mol. The van der Waals surface area contributed by atoms with Crippen molar-refractivity contribution < 1.29 is 4.74 Å². The van der Waals surface area contributed by atoms with Crippen LogP contribution < -0.4 is 4.74 Å². The molecule has 0 radical (unpaired) electrons. The molecule has 5 nitrogen and oxygen atoms in total. The first-order chi connectivity index (χ1) is 5.45. The van der Waals surface area contributed by atoms with Crippen molar-refractivity contribution in [3.63, 3.8) is 0 Å². The van der Waals surface area contributed by atoms with Gasteiger partial charge in [0.1, 0.15) is 0 Å². The normalized spacial score (nSPS) is 9.82. The average molecular weight is 150 g/mol. The summed E-state index contributed by atoms with van der Waals surface area (Å²) in [5.41, 5.74) is 0. The molecule has 2 heterocycles. The van der Waals surface area contributed by atoms with Gasteiger partial charge in [0.25, 0.3) is 0 Å². The molecule has 2 aromatic heterocycles. The van der Waals surface area contributed by atoms with Crippen molar-refractivity contribution in [1.29, 1.82) is 0 Å². The molecule has 0 atom stereocenters. The summed E-state index contributed by atoms with van der Waals surface area (Å²) in [4.78, 5) is 13.3. The van der Waals surface area contributed by atoms with Crippen molar-refractivity contribution in [2.75, 3.05) is 0 Å². The van der Waals surface area contributed by atoms with Gasteiger partial charge in [0.05, 0.1) is 0 Å². The van der Waals surface area contributed by atoms with Crippen LogP contribution in [0.3, 0.4) is 0 Å². The molecule has 0 aliphatic heterocycles. The summed E-state index contributed by atoms with van der Waals surface area (Å²) in [5, 5.41) is 0. The van der Waals surface area contributed by atoms with Crippen molar-refractivity contribution >= 4 is 0 Å². The van der Waals surface area contributed by atoms with E-state index in [-0.39, 0.29) is 0 Å². The summed E-state index contributed by atoms with van der Waals surface area (Å²) in [6.45, 7) is 0. The molecule has 0 aromatic carbocycles. The third-order valence-electron chi connectivity index (χ3n) is 1.14. The molecule has 5 heteroatoms. The molecule has 0 aliphatic carbocycles. The second-order valence-corrected chi connectivity index (χ2v) is 1.89. The largest absolute Gasteiger partial charge is 0.391 e. The Balaban J connectivity index is 2.14. The fraction of sp³-hybridized carbons (Fsp3) is 0. The van der Waals surface area contributed by atoms with Crippen LogP contribution in [0, 0.1) is 0 Å². The number of hydrogen-bond donors (Lipinski definition) is 2. The number of ether oxygens (including phenoxy) is 1. The minimum atomic E-state index is 0.431. The van der Waals surface area contributed by atoms with E-state index in [4.69, 9.17) is 4.74 Å². The van der Waals surface area contributed by atoms with E-state index in [9.17, 15) is 0 Å². The predicted octanol–water partition coefficient (Wildman–Crippen LogP) is 0.925. The van der Waals surface area contributed by atoms with Crippen LogP contribution in [0.4, 0.5) is 0 Å². The standard InChI is InChI=1S/C6H6N4O/c1-2-8-5(7-1)11-6-9-3-4-10-6/h1-4H,(H,7,8)(H,9,10). The quantitative estimate of drug-likeness (QED) is 0.669. The Kier molecular flexibility index (Phi) is 1.33. The van der Waals surface area contributed by atoms with Gasteiger partial charge in [-0.2, -0.15) is 0 Å². The number of nitrogens with one attached hydrogen (secondary N) is 2. The van der Waals surface area contributed by atoms with Crippen LogP contribution in [0.15, 0.2) is 24.8 Å². The van der Waals surface area contributed by atoms with Gasteiger partial charge in [-0.05, 0) is 0 Å². The molecule has 2 rings (SSSR count). The van der Waals surface area contributed by atoms with E-state index in [0.29, 0.717) is 12.0 Å². The maximum absolute atomic E-state index is 5.12. The first kappa shape index (κ1) is 5.96. The van der Waals surface area contributed by atoms with E-state index in [2.05, 4.69) is 19.9 Å². The van der Waals surface area contributed by atoms with Crippen molar-refractivity contribution in [3.8, 4) is 12.0 Å². The number of imidazole rings is 2. The maximum Gasteiger partial charge on any atom is 0.301 e. The smallest absolute Gasteiger partial charge is 0.301 e. The highest BCUT2D eigenvalue weighted by molar-refractivity contribution is 5.03. The molecular weight excluding hydrogens is 144 g/mol. The van der Waals surface area contributed by atoms with Crippen LogP contribution in [-0.4, -0.2) is 19.9 Å². The van der Waals surface area contributed by atoms with E-state index in [0.717, 1.165) is 0 Å². The average Bonchev–Trinajstić information content (AvgIpc) is 2.60. The zero-order valence-electron chi connectivity index (χ0n) is 5.61. The summed E-state index contributed by atoms with van der Waals surface area (Å²) in [6, 6.07) is 0.861. The molecule has 0 amide bonds. The fourth-order valence-corrected chi connectivity index (χ4v) is 0.705.